The van der Waals surface area contributed by atoms with Gasteiger partial charge in [0.15, 0.2) is 0 Å². The summed E-state index contributed by atoms with van der Waals surface area (Å²) < 4.78 is 0. The maximum Gasteiger partial charge on any atom is 0.223 e. The lowest BCUT2D eigenvalue weighted by molar-refractivity contribution is -0.130. The number of unbranched alkanes of at least 4 members (excludes halogenated alkanes) is 14. The van der Waals surface area contributed by atoms with E-state index in [1.54, 1.807) is 0 Å². The van der Waals surface area contributed by atoms with Crippen molar-refractivity contribution in [3.63, 3.8) is 0 Å². The van der Waals surface area contributed by atoms with Crippen molar-refractivity contribution in [1.29, 1.82) is 0 Å². The molecule has 0 bridgehead atoms. The smallest absolute Gasteiger partial charge is 0.223 e. The van der Waals surface area contributed by atoms with E-state index < -0.39 is 25.4 Å². The van der Waals surface area contributed by atoms with Crippen LogP contribution in [-0.2, 0) is 4.79 Å². The zero-order valence-corrected chi connectivity index (χ0v) is 20.7. The molecule has 0 aliphatic carbocycles. The summed E-state index contributed by atoms with van der Waals surface area (Å²) in [5.41, 5.74) is -1.33. The van der Waals surface area contributed by atoms with Crippen molar-refractivity contribution in [2.75, 3.05) is 19.8 Å². The number of hydrogen-bond donors (Lipinski definition) is 4. The predicted octanol–water partition coefficient (Wildman–Crippen LogP) is 5.50. The Bertz CT molecular complexity index is 391. The first-order valence-corrected chi connectivity index (χ1v) is 13.2. The van der Waals surface area contributed by atoms with Crippen LogP contribution in [0.3, 0.4) is 0 Å². The van der Waals surface area contributed by atoms with Crippen LogP contribution >= 0.6 is 0 Å². The monoisotopic (exact) mass is 443 g/mol. The van der Waals surface area contributed by atoms with Crippen LogP contribution in [0, 0.1) is 5.92 Å². The molecule has 0 fully saturated rings. The number of carbonyl (C=O) groups is 1. The Labute approximate surface area is 192 Å². The van der Waals surface area contributed by atoms with E-state index in [0.29, 0.717) is 0 Å². The fourth-order valence-corrected chi connectivity index (χ4v) is 4.09. The summed E-state index contributed by atoms with van der Waals surface area (Å²) in [6.45, 7) is 3.07. The molecule has 1 unspecified atom stereocenters. The van der Waals surface area contributed by atoms with E-state index in [0.717, 1.165) is 38.5 Å². The molecule has 0 aliphatic heterocycles. The molecule has 1 atom stereocenters. The van der Waals surface area contributed by atoms with Crippen molar-refractivity contribution in [1.82, 2.24) is 5.32 Å². The van der Waals surface area contributed by atoms with Crippen LogP contribution in [0.15, 0.2) is 0 Å². The van der Waals surface area contributed by atoms with Gasteiger partial charge in [-0.25, -0.2) is 0 Å². The zero-order chi connectivity index (χ0) is 23.2. The summed E-state index contributed by atoms with van der Waals surface area (Å²) in [7, 11) is 0. The summed E-state index contributed by atoms with van der Waals surface area (Å²) >= 11 is 0. The van der Waals surface area contributed by atoms with Crippen molar-refractivity contribution in [2.24, 2.45) is 5.92 Å². The van der Waals surface area contributed by atoms with Gasteiger partial charge < -0.3 is 20.6 Å². The molecule has 186 valence electrons. The molecule has 0 saturated carbocycles. The first-order chi connectivity index (χ1) is 15.1. The highest BCUT2D eigenvalue weighted by molar-refractivity contribution is 5.79. The maximum atomic E-state index is 12.9. The van der Waals surface area contributed by atoms with Crippen LogP contribution < -0.4 is 5.32 Å². The number of aliphatic hydroxyl groups excluding tert-OH is 3. The van der Waals surface area contributed by atoms with Gasteiger partial charge >= 0.3 is 0 Å². The van der Waals surface area contributed by atoms with E-state index in [9.17, 15) is 20.1 Å². The second-order valence-corrected chi connectivity index (χ2v) is 9.47. The summed E-state index contributed by atoms with van der Waals surface area (Å²) in [5.74, 6) is -0.244. The molecule has 0 spiro atoms. The van der Waals surface area contributed by atoms with Crippen LogP contribution in [0.1, 0.15) is 129 Å². The van der Waals surface area contributed by atoms with Crippen LogP contribution in [0.4, 0.5) is 0 Å². The molecule has 31 heavy (non-hydrogen) atoms. The van der Waals surface area contributed by atoms with E-state index in [1.807, 2.05) is 0 Å². The second-order valence-electron chi connectivity index (χ2n) is 9.47. The Morgan fingerprint density at radius 2 is 0.935 bits per heavy atom. The second kappa shape index (κ2) is 21.2. The molecule has 0 aromatic heterocycles. The van der Waals surface area contributed by atoms with E-state index in [2.05, 4.69) is 19.2 Å². The van der Waals surface area contributed by atoms with Gasteiger partial charge in [-0.2, -0.15) is 0 Å². The Kier molecular flexibility index (Phi) is 20.8. The van der Waals surface area contributed by atoms with Crippen molar-refractivity contribution in [2.45, 2.75) is 135 Å². The summed E-state index contributed by atoms with van der Waals surface area (Å²) in [5, 5.41) is 31.4. The molecular formula is C26H53NO4. The first-order valence-electron chi connectivity index (χ1n) is 13.2. The minimum atomic E-state index is -1.33. The summed E-state index contributed by atoms with van der Waals surface area (Å²) in [4.78, 5) is 12.9. The lowest BCUT2D eigenvalue weighted by Gasteiger charge is -2.31. The Morgan fingerprint density at radius 3 is 1.26 bits per heavy atom. The summed E-state index contributed by atoms with van der Waals surface area (Å²) in [6.07, 6.45) is 21.5. The standard InChI is InChI=1S/C26H53NO4/c1-3-5-7-9-11-12-14-16-18-20-24(19-17-15-13-10-8-6-4-2)25(31)27-26(21-28,22-29)23-30/h24,28-30H,3-23H2,1-2H3,(H,27,31). The zero-order valence-electron chi connectivity index (χ0n) is 20.7. The Morgan fingerprint density at radius 1 is 0.613 bits per heavy atom. The average Bonchev–Trinajstić information content (AvgIpc) is 2.79. The van der Waals surface area contributed by atoms with Gasteiger partial charge in [-0.05, 0) is 12.8 Å². The van der Waals surface area contributed by atoms with Gasteiger partial charge in [-0.15, -0.1) is 0 Å². The van der Waals surface area contributed by atoms with Gasteiger partial charge in [-0.1, -0.05) is 117 Å². The average molecular weight is 444 g/mol. The van der Waals surface area contributed by atoms with Crippen LogP contribution in [-0.4, -0.2) is 46.6 Å². The number of nitrogens with one attached hydrogen (secondary N) is 1. The van der Waals surface area contributed by atoms with Gasteiger partial charge in [0.2, 0.25) is 5.91 Å². The normalized spacial score (nSPS) is 12.8. The third kappa shape index (κ3) is 15.7. The van der Waals surface area contributed by atoms with Crippen molar-refractivity contribution in [3.05, 3.63) is 0 Å². The minimum absolute atomic E-state index is 0.107. The van der Waals surface area contributed by atoms with Gasteiger partial charge in [-0.3, -0.25) is 4.79 Å². The third-order valence-electron chi connectivity index (χ3n) is 6.48. The molecule has 1 amide bonds. The summed E-state index contributed by atoms with van der Waals surface area (Å²) in [6, 6.07) is 0. The molecule has 0 rings (SSSR count). The lowest BCUT2D eigenvalue weighted by atomic mass is 9.91. The van der Waals surface area contributed by atoms with Gasteiger partial charge in [0.25, 0.3) is 0 Å². The number of amides is 1. The third-order valence-corrected chi connectivity index (χ3v) is 6.48. The highest BCUT2D eigenvalue weighted by Gasteiger charge is 2.32. The highest BCUT2D eigenvalue weighted by Crippen LogP contribution is 2.21. The molecule has 4 N–H and O–H groups in total. The van der Waals surface area contributed by atoms with E-state index in [-0.39, 0.29) is 11.8 Å². The first kappa shape index (κ1) is 30.4. The fraction of sp³-hybridized carbons (Fsp3) is 0.962. The number of carbonyl (C=O) groups excluding carboxylic acids is 1. The van der Waals surface area contributed by atoms with Gasteiger partial charge in [0, 0.05) is 5.92 Å². The molecule has 0 aromatic rings. The minimum Gasteiger partial charge on any atom is -0.394 e. The molecule has 0 radical (unpaired) electrons. The largest absolute Gasteiger partial charge is 0.394 e. The van der Waals surface area contributed by atoms with Crippen molar-refractivity contribution >= 4 is 5.91 Å². The molecule has 0 aliphatic rings. The molecule has 0 aromatic carbocycles. The Hall–Kier alpha value is -0.650. The Balaban J connectivity index is 4.37. The number of hydrogen-bond acceptors (Lipinski definition) is 4. The van der Waals surface area contributed by atoms with E-state index >= 15 is 0 Å². The van der Waals surface area contributed by atoms with E-state index in [1.165, 1.54) is 77.0 Å². The SMILES string of the molecule is CCCCCCCCCCCC(CCCCCCCCC)C(=O)NC(CO)(CO)CO. The topological polar surface area (TPSA) is 89.8 Å². The molecule has 5 nitrogen and oxygen atoms in total. The van der Waals surface area contributed by atoms with E-state index in [4.69, 9.17) is 0 Å². The highest BCUT2D eigenvalue weighted by atomic mass is 16.3. The van der Waals surface area contributed by atoms with Gasteiger partial charge in [0.1, 0.15) is 5.54 Å². The molecule has 0 saturated heterocycles. The fourth-order valence-electron chi connectivity index (χ4n) is 4.09. The number of rotatable bonds is 23. The lowest BCUT2D eigenvalue weighted by Crippen LogP contribution is -2.58. The predicted molar refractivity (Wildman–Crippen MR) is 130 cm³/mol. The quantitative estimate of drug-likeness (QED) is 0.157. The maximum absolute atomic E-state index is 12.9. The van der Waals surface area contributed by atoms with Crippen molar-refractivity contribution < 1.29 is 20.1 Å². The van der Waals surface area contributed by atoms with Gasteiger partial charge in [0.05, 0.1) is 19.8 Å². The molecule has 5 heteroatoms. The van der Waals surface area contributed by atoms with Crippen LogP contribution in [0.2, 0.25) is 0 Å². The molecule has 0 heterocycles. The van der Waals surface area contributed by atoms with Crippen LogP contribution in [0.5, 0.6) is 0 Å². The van der Waals surface area contributed by atoms with Crippen molar-refractivity contribution in [3.8, 4) is 0 Å². The van der Waals surface area contributed by atoms with Crippen LogP contribution in [0.25, 0.3) is 0 Å². The molecular weight excluding hydrogens is 390 g/mol. The number of aliphatic hydroxyl groups is 3.